The Kier molecular flexibility index (Phi) is 28.0. The van der Waals surface area contributed by atoms with Gasteiger partial charge in [0.15, 0.2) is 11.6 Å². The molecule has 9 N–H and O–H groups in total. The quantitative estimate of drug-likeness (QED) is 0.0314. The fourth-order valence-corrected chi connectivity index (χ4v) is 8.78. The number of amides is 3. The summed E-state index contributed by atoms with van der Waals surface area (Å²) in [4.78, 5) is 165. The first-order chi connectivity index (χ1) is 37.4. The van der Waals surface area contributed by atoms with Crippen molar-refractivity contribution in [2.24, 2.45) is 17.8 Å². The van der Waals surface area contributed by atoms with E-state index in [1.165, 1.54) is 39.0 Å². The maximum absolute atomic E-state index is 13.9. The Balaban J connectivity index is 1.75. The van der Waals surface area contributed by atoms with Gasteiger partial charge in [-0.25, -0.2) is 9.78 Å². The van der Waals surface area contributed by atoms with Crippen molar-refractivity contribution in [2.45, 2.75) is 82.5 Å². The summed E-state index contributed by atoms with van der Waals surface area (Å²) >= 11 is 0. The molecule has 79 heavy (non-hydrogen) atoms. The number of imidazole rings is 1. The SMILES string of the molecule is C[C@H](NC(=O)[C@H](CC(=O)O)CC(=O)CCC(C(=O)O)N1CCN(CC(=O)[O-])CCN(CC(=O)[O-])CCN(CC(=O)[O-])CC1)C(=O)C[C@@H](Cc1cnc[nH]1)C(=O)N[C@@H](CO)C(=O)C[C@@H](Cc1ccccc1)C(=O)N[C@@H](CO)C(=O)O. The molecule has 2 aromatic rings. The number of carboxylic acids is 6. The smallest absolute Gasteiger partial charge is 0.328 e. The van der Waals surface area contributed by atoms with Gasteiger partial charge < -0.3 is 76.2 Å². The number of aliphatic carboxylic acids is 6. The summed E-state index contributed by atoms with van der Waals surface area (Å²) < 4.78 is 0. The number of Topliss-reactive ketones (excluding diaryl/α,β-unsaturated/α-hetero) is 3. The minimum atomic E-state index is -1.70. The van der Waals surface area contributed by atoms with Crippen LogP contribution in [0.15, 0.2) is 42.9 Å². The largest absolute Gasteiger partial charge is 0.549 e. The molecule has 0 radical (unpaired) electrons. The number of hydrogen-bond acceptors (Lipinski definition) is 22. The lowest BCUT2D eigenvalue weighted by Crippen LogP contribution is -2.53. The average molecular weight is 1120 g/mol. The molecule has 1 unspecified atom stereocenters. The molecule has 1 aromatic carbocycles. The number of nitrogens with one attached hydrogen (secondary N) is 4. The van der Waals surface area contributed by atoms with Crippen LogP contribution >= 0.6 is 0 Å². The van der Waals surface area contributed by atoms with Crippen LogP contribution in [0, 0.1) is 17.8 Å². The minimum Gasteiger partial charge on any atom is -0.549 e. The Morgan fingerprint density at radius 3 is 1.53 bits per heavy atom. The number of H-pyrrole nitrogens is 1. The highest BCUT2D eigenvalue weighted by Gasteiger charge is 2.35. The van der Waals surface area contributed by atoms with Crippen LogP contribution in [0.1, 0.15) is 56.7 Å². The topological polar surface area (TPSA) is 453 Å². The van der Waals surface area contributed by atoms with Crippen LogP contribution in [-0.4, -0.2) is 235 Å². The Morgan fingerprint density at radius 1 is 0.595 bits per heavy atom. The number of ketones is 3. The first-order valence-electron chi connectivity index (χ1n) is 25.3. The summed E-state index contributed by atoms with van der Waals surface area (Å²) in [6.07, 6.45) is -1.46. The third-order valence-corrected chi connectivity index (χ3v) is 13.1. The summed E-state index contributed by atoms with van der Waals surface area (Å²) in [5.41, 5.74) is 0.926. The minimum absolute atomic E-state index is 0.00535. The molecular formula is C50H68N9O20-3. The zero-order chi connectivity index (χ0) is 58.8. The van der Waals surface area contributed by atoms with Crippen molar-refractivity contribution >= 4 is 70.9 Å². The van der Waals surface area contributed by atoms with E-state index in [1.807, 2.05) is 0 Å². The van der Waals surface area contributed by atoms with E-state index in [4.69, 9.17) is 0 Å². The Hall–Kier alpha value is -7.57. The second-order valence-electron chi connectivity index (χ2n) is 19.2. The third-order valence-electron chi connectivity index (χ3n) is 13.1. The van der Waals surface area contributed by atoms with E-state index in [0.29, 0.717) is 11.3 Å². The van der Waals surface area contributed by atoms with Gasteiger partial charge in [0.2, 0.25) is 17.7 Å². The number of nitrogens with zero attached hydrogens (tertiary/aromatic N) is 5. The first kappa shape index (κ1) is 65.7. The van der Waals surface area contributed by atoms with Crippen molar-refractivity contribution in [3.8, 4) is 0 Å². The zero-order valence-electron chi connectivity index (χ0n) is 43.5. The number of aromatic amines is 1. The molecule has 0 saturated carbocycles. The van der Waals surface area contributed by atoms with Crippen LogP contribution in [0.2, 0.25) is 0 Å². The van der Waals surface area contributed by atoms with Crippen molar-refractivity contribution in [1.29, 1.82) is 0 Å². The van der Waals surface area contributed by atoms with Crippen LogP contribution in [0.4, 0.5) is 0 Å². The van der Waals surface area contributed by atoms with Crippen molar-refractivity contribution in [3.05, 3.63) is 54.1 Å². The van der Waals surface area contributed by atoms with Crippen LogP contribution < -0.4 is 31.3 Å². The van der Waals surface area contributed by atoms with E-state index >= 15 is 0 Å². The van der Waals surface area contributed by atoms with Gasteiger partial charge >= 0.3 is 17.9 Å². The molecule has 2 heterocycles. The molecule has 1 fully saturated rings. The van der Waals surface area contributed by atoms with Crippen molar-refractivity contribution in [2.75, 3.05) is 85.2 Å². The van der Waals surface area contributed by atoms with Gasteiger partial charge in [-0.05, 0) is 25.3 Å². The highest BCUT2D eigenvalue weighted by atomic mass is 16.4. The molecule has 1 saturated heterocycles. The molecule has 3 amide bonds. The molecule has 29 nitrogen and oxygen atoms in total. The maximum atomic E-state index is 13.9. The molecule has 0 spiro atoms. The summed E-state index contributed by atoms with van der Waals surface area (Å²) in [6, 6.07) is 2.11. The molecule has 1 aromatic heterocycles. The highest BCUT2D eigenvalue weighted by Crippen LogP contribution is 2.20. The molecular weight excluding hydrogens is 1050 g/mol. The number of rotatable bonds is 34. The van der Waals surface area contributed by atoms with E-state index in [-0.39, 0.29) is 65.2 Å². The standard InChI is InChI=1S/C50H71N9O20/c1-30(40(63)20-33(18-35-23-51-29-52-35)48(75)54-37(27-60)41(64)21-32(17-31-5-3-2-4-6-31)47(74)55-38(28-61)49(76)77)53-46(73)34(22-42(65)66)19-36(62)7-8-39(50(78)79)59-15-13-57(25-44(69)70)11-9-56(24-43(67)68)10-12-58(14-16-59)26-45(71)72/h2-6,23,29-30,32-34,37-39,60-61H,7-22,24-28H2,1H3,(H,51,52)(H,53,73)(H,54,75)(H,55,74)(H,65,66)(H,67,68)(H,69,70)(H,71,72)(H,76,77)(H,78,79)/p-3/t30-,32+,33+,34-,37-,38-,39?/m0/s1. The lowest BCUT2D eigenvalue weighted by molar-refractivity contribution is -0.308. The molecule has 1 aliphatic heterocycles. The van der Waals surface area contributed by atoms with Gasteiger partial charge in [-0.3, -0.25) is 58.0 Å². The normalized spacial score (nSPS) is 16.9. The van der Waals surface area contributed by atoms with Gasteiger partial charge in [-0.2, -0.15) is 0 Å². The van der Waals surface area contributed by atoms with Crippen molar-refractivity contribution in [3.63, 3.8) is 0 Å². The first-order valence-corrected chi connectivity index (χ1v) is 25.3. The molecule has 0 bridgehead atoms. The van der Waals surface area contributed by atoms with Gasteiger partial charge in [0.05, 0.1) is 61.7 Å². The average Bonchev–Trinajstić information content (AvgIpc) is 3.90. The van der Waals surface area contributed by atoms with Gasteiger partial charge in [0.25, 0.3) is 0 Å². The lowest BCUT2D eigenvalue weighted by Gasteiger charge is -2.36. The Labute approximate surface area is 453 Å². The number of aromatic nitrogens is 2. The second kappa shape index (κ2) is 33.7. The molecule has 0 aliphatic carbocycles. The van der Waals surface area contributed by atoms with E-state index in [9.17, 15) is 98.4 Å². The summed E-state index contributed by atoms with van der Waals surface area (Å²) in [7, 11) is 0. The van der Waals surface area contributed by atoms with Gasteiger partial charge in [0.1, 0.15) is 23.9 Å². The highest BCUT2D eigenvalue weighted by molar-refractivity contribution is 5.97. The van der Waals surface area contributed by atoms with Crippen LogP contribution in [0.3, 0.4) is 0 Å². The molecule has 1 aliphatic rings. The van der Waals surface area contributed by atoms with E-state index in [1.54, 1.807) is 30.3 Å². The number of benzene rings is 1. The fraction of sp³-hybridized carbons (Fsp3) is 0.580. The molecule has 29 heteroatoms. The number of aliphatic hydroxyl groups is 2. The fourth-order valence-electron chi connectivity index (χ4n) is 8.78. The Bertz CT molecular complexity index is 2380. The zero-order valence-corrected chi connectivity index (χ0v) is 43.5. The van der Waals surface area contributed by atoms with Crippen LogP contribution in [-0.2, 0) is 70.4 Å². The molecule has 3 rings (SSSR count). The predicted molar refractivity (Wildman–Crippen MR) is 264 cm³/mol. The van der Waals surface area contributed by atoms with E-state index in [2.05, 4.69) is 25.9 Å². The summed E-state index contributed by atoms with van der Waals surface area (Å²) in [5.74, 6) is -18.3. The van der Waals surface area contributed by atoms with Crippen molar-refractivity contribution < 1.29 is 98.4 Å². The monoisotopic (exact) mass is 1110 g/mol. The predicted octanol–water partition coefficient (Wildman–Crippen LogP) is -7.36. The summed E-state index contributed by atoms with van der Waals surface area (Å²) in [6.45, 7) is -2.96. The van der Waals surface area contributed by atoms with Crippen LogP contribution in [0.5, 0.6) is 0 Å². The summed E-state index contributed by atoms with van der Waals surface area (Å²) in [5, 5.41) is 90.9. The number of carboxylic acid groups (broad SMARTS) is 6. The second-order valence-corrected chi connectivity index (χ2v) is 19.2. The van der Waals surface area contributed by atoms with Crippen molar-refractivity contribution in [1.82, 2.24) is 45.5 Å². The number of aliphatic hydroxyl groups excluding tert-OH is 2. The number of carbonyl (C=O) groups is 12. The number of hydrogen-bond donors (Lipinski definition) is 9. The van der Waals surface area contributed by atoms with Gasteiger partial charge in [-0.15, -0.1) is 0 Å². The maximum Gasteiger partial charge on any atom is 0.328 e. The molecule has 7 atom stereocenters. The van der Waals surface area contributed by atoms with E-state index < -0.39 is 184 Å². The Morgan fingerprint density at radius 2 is 1.08 bits per heavy atom. The van der Waals surface area contributed by atoms with Crippen LogP contribution in [0.25, 0.3) is 0 Å². The molecule has 436 valence electrons. The number of carbonyl (C=O) groups excluding carboxylic acids is 9. The van der Waals surface area contributed by atoms with E-state index in [0.717, 1.165) is 0 Å². The lowest BCUT2D eigenvalue weighted by atomic mass is 9.90. The van der Waals surface area contributed by atoms with Gasteiger partial charge in [-0.1, -0.05) is 30.3 Å². The third kappa shape index (κ3) is 24.3. The van der Waals surface area contributed by atoms with Gasteiger partial charge in [0, 0.05) is 122 Å².